The number of rotatable bonds is 5. The van der Waals surface area contributed by atoms with Gasteiger partial charge in [0.2, 0.25) is 0 Å². The average molecular weight is 359 g/mol. The van der Waals surface area contributed by atoms with Crippen LogP contribution in [0.15, 0.2) is 24.2 Å². The summed E-state index contributed by atoms with van der Waals surface area (Å²) in [5, 5.41) is 42.7. The fourth-order valence-electron chi connectivity index (χ4n) is 2.96. The van der Waals surface area contributed by atoms with Gasteiger partial charge in [0.15, 0.2) is 6.23 Å². The van der Waals surface area contributed by atoms with E-state index < -0.39 is 31.1 Å². The van der Waals surface area contributed by atoms with Gasteiger partial charge in [-0.25, -0.2) is 9.97 Å². The summed E-state index contributed by atoms with van der Waals surface area (Å²) in [6.45, 7) is 4.08. The van der Waals surface area contributed by atoms with Crippen molar-refractivity contribution in [3.8, 4) is 6.07 Å². The Labute approximate surface area is 150 Å². The molecule has 1 unspecified atom stereocenters. The minimum Gasteiger partial charge on any atom is -0.394 e. The number of aliphatic hydroxyl groups excluding tert-OH is 3. The molecule has 26 heavy (non-hydrogen) atoms. The normalized spacial score (nSPS) is 25.2. The van der Waals surface area contributed by atoms with Crippen molar-refractivity contribution in [1.29, 1.82) is 5.26 Å². The number of nitriles is 1. The van der Waals surface area contributed by atoms with Gasteiger partial charge in [-0.3, -0.25) is 0 Å². The molecule has 3 rings (SSSR count). The maximum atomic E-state index is 10.3. The van der Waals surface area contributed by atoms with E-state index in [2.05, 4.69) is 21.4 Å². The van der Waals surface area contributed by atoms with Gasteiger partial charge in [-0.05, 0) is 13.8 Å². The first-order chi connectivity index (χ1) is 12.5. The van der Waals surface area contributed by atoms with Crippen molar-refractivity contribution in [2.75, 3.05) is 18.5 Å². The highest BCUT2D eigenvalue weighted by molar-refractivity contribution is 5.93. The Morgan fingerprint density at radius 3 is 2.77 bits per heavy atom. The van der Waals surface area contributed by atoms with Gasteiger partial charge in [0.25, 0.3) is 0 Å². The number of aromatic nitrogens is 3. The Morgan fingerprint density at radius 2 is 2.15 bits per heavy atom. The van der Waals surface area contributed by atoms with Crippen LogP contribution in [0.2, 0.25) is 0 Å². The lowest BCUT2D eigenvalue weighted by atomic mass is 10.1. The topological polar surface area (TPSA) is 136 Å². The van der Waals surface area contributed by atoms with E-state index in [1.807, 2.05) is 19.9 Å². The Bertz CT molecular complexity index is 868. The van der Waals surface area contributed by atoms with E-state index in [1.165, 1.54) is 17.1 Å². The van der Waals surface area contributed by atoms with Crippen LogP contribution in [0.5, 0.6) is 0 Å². The van der Waals surface area contributed by atoms with E-state index in [1.54, 1.807) is 0 Å². The van der Waals surface area contributed by atoms with Crippen molar-refractivity contribution < 1.29 is 20.1 Å². The molecule has 0 aliphatic carbocycles. The Morgan fingerprint density at radius 1 is 1.38 bits per heavy atom. The lowest BCUT2D eigenvalue weighted by Crippen LogP contribution is -2.33. The minimum atomic E-state index is -1.26. The summed E-state index contributed by atoms with van der Waals surface area (Å²) in [5.74, 6) is 0.495. The summed E-state index contributed by atoms with van der Waals surface area (Å²) in [5.41, 5.74) is 1.86. The van der Waals surface area contributed by atoms with Crippen molar-refractivity contribution >= 4 is 16.9 Å². The first-order valence-electron chi connectivity index (χ1n) is 8.23. The molecule has 0 aromatic carbocycles. The largest absolute Gasteiger partial charge is 0.394 e. The molecule has 4 atom stereocenters. The van der Waals surface area contributed by atoms with E-state index in [0.29, 0.717) is 29.0 Å². The number of hydrogen-bond donors (Lipinski definition) is 4. The molecule has 0 saturated carbocycles. The average Bonchev–Trinajstić information content (AvgIpc) is 3.13. The molecular formula is C17H21N5O4. The van der Waals surface area contributed by atoms with E-state index in [-0.39, 0.29) is 0 Å². The van der Waals surface area contributed by atoms with Gasteiger partial charge in [-0.2, -0.15) is 5.26 Å². The molecule has 3 heterocycles. The van der Waals surface area contributed by atoms with E-state index in [4.69, 9.17) is 4.74 Å². The maximum Gasteiger partial charge on any atom is 0.164 e. The number of allylic oxidation sites excluding steroid dienone is 1. The third-order valence-corrected chi connectivity index (χ3v) is 4.30. The van der Waals surface area contributed by atoms with Gasteiger partial charge in [0, 0.05) is 12.7 Å². The van der Waals surface area contributed by atoms with Crippen LogP contribution in [0, 0.1) is 11.3 Å². The molecule has 2 aromatic rings. The van der Waals surface area contributed by atoms with Crippen LogP contribution in [0.3, 0.4) is 0 Å². The zero-order chi connectivity index (χ0) is 18.8. The van der Waals surface area contributed by atoms with Gasteiger partial charge >= 0.3 is 0 Å². The molecule has 0 spiro atoms. The molecule has 0 amide bonds. The maximum absolute atomic E-state index is 10.3. The summed E-state index contributed by atoms with van der Waals surface area (Å²) in [6, 6.07) is 2.10. The van der Waals surface area contributed by atoms with Crippen molar-refractivity contribution in [1.82, 2.24) is 14.5 Å². The first-order valence-corrected chi connectivity index (χ1v) is 8.23. The molecule has 1 saturated heterocycles. The molecule has 9 heteroatoms. The predicted molar refractivity (Wildman–Crippen MR) is 93.2 cm³/mol. The minimum absolute atomic E-state index is 0.318. The smallest absolute Gasteiger partial charge is 0.164 e. The third-order valence-electron chi connectivity index (χ3n) is 4.30. The van der Waals surface area contributed by atoms with E-state index in [0.717, 1.165) is 5.57 Å². The highest BCUT2D eigenvalue weighted by atomic mass is 16.6. The van der Waals surface area contributed by atoms with Crippen LogP contribution < -0.4 is 5.32 Å². The molecular weight excluding hydrogens is 338 g/mol. The van der Waals surface area contributed by atoms with Crippen molar-refractivity contribution in [3.05, 3.63) is 29.7 Å². The first kappa shape index (κ1) is 18.3. The highest BCUT2D eigenvalue weighted by Crippen LogP contribution is 2.34. The SMILES string of the molecule is CC(C)=CCNc1ncnc2c1c(C#N)cn2[C@H]1OC(CO)[C@@H](O)[C@@H]1O. The molecule has 0 radical (unpaired) electrons. The van der Waals surface area contributed by atoms with Crippen LogP contribution in [0.4, 0.5) is 5.82 Å². The van der Waals surface area contributed by atoms with Crippen LogP contribution in [0.1, 0.15) is 25.6 Å². The van der Waals surface area contributed by atoms with Crippen molar-refractivity contribution in [2.24, 2.45) is 0 Å². The van der Waals surface area contributed by atoms with Crippen LogP contribution in [-0.2, 0) is 4.74 Å². The molecule has 0 bridgehead atoms. The molecule has 4 N–H and O–H groups in total. The summed E-state index contributed by atoms with van der Waals surface area (Å²) < 4.78 is 7.04. The van der Waals surface area contributed by atoms with Crippen LogP contribution in [0.25, 0.3) is 11.0 Å². The van der Waals surface area contributed by atoms with E-state index >= 15 is 0 Å². The Kier molecular flexibility index (Phi) is 5.20. The monoisotopic (exact) mass is 359 g/mol. The van der Waals surface area contributed by atoms with Gasteiger partial charge in [0.05, 0.1) is 17.6 Å². The number of ether oxygens (including phenoxy) is 1. The third kappa shape index (κ3) is 3.15. The highest BCUT2D eigenvalue weighted by Gasteiger charge is 2.44. The fourth-order valence-corrected chi connectivity index (χ4v) is 2.96. The standard InChI is InChI=1S/C17H21N5O4/c1-9(2)3-4-19-15-12-10(5-18)6-22(16(12)21-8-20-15)17-14(25)13(24)11(7-23)26-17/h3,6,8,11,13-14,17,23-25H,4,7H2,1-2H3,(H,19,20,21)/t11?,13-,14+,17+/m1/s1. The number of nitrogens with one attached hydrogen (secondary N) is 1. The van der Waals surface area contributed by atoms with E-state index in [9.17, 15) is 20.6 Å². The molecule has 138 valence electrons. The second kappa shape index (κ2) is 7.39. The molecule has 9 nitrogen and oxygen atoms in total. The fraction of sp³-hybridized carbons (Fsp3) is 0.471. The Hall–Kier alpha value is -2.51. The second-order valence-corrected chi connectivity index (χ2v) is 6.37. The van der Waals surface area contributed by atoms with Gasteiger partial charge in [-0.1, -0.05) is 11.6 Å². The second-order valence-electron chi connectivity index (χ2n) is 6.37. The van der Waals surface area contributed by atoms with Crippen LogP contribution in [-0.4, -0.2) is 61.3 Å². The lowest BCUT2D eigenvalue weighted by molar-refractivity contribution is -0.0508. The number of anilines is 1. The molecule has 1 aliphatic rings. The zero-order valence-electron chi connectivity index (χ0n) is 14.5. The predicted octanol–water partition coefficient (Wildman–Crippen LogP) is 0.293. The Balaban J connectivity index is 2.04. The van der Waals surface area contributed by atoms with Gasteiger partial charge in [-0.15, -0.1) is 0 Å². The van der Waals surface area contributed by atoms with Gasteiger partial charge in [0.1, 0.15) is 42.2 Å². The zero-order valence-corrected chi connectivity index (χ0v) is 14.5. The number of fused-ring (bicyclic) bond motifs is 1. The number of hydrogen-bond acceptors (Lipinski definition) is 8. The quantitative estimate of drug-likeness (QED) is 0.559. The number of aliphatic hydroxyl groups is 3. The summed E-state index contributed by atoms with van der Waals surface area (Å²) in [6.07, 6.45) is 0.486. The number of nitrogens with zero attached hydrogens (tertiary/aromatic N) is 4. The van der Waals surface area contributed by atoms with Crippen molar-refractivity contribution in [3.63, 3.8) is 0 Å². The summed E-state index contributed by atoms with van der Waals surface area (Å²) in [7, 11) is 0. The molecule has 1 fully saturated rings. The lowest BCUT2D eigenvalue weighted by Gasteiger charge is -2.17. The molecule has 1 aliphatic heterocycles. The summed E-state index contributed by atoms with van der Waals surface area (Å²) >= 11 is 0. The van der Waals surface area contributed by atoms with Crippen LogP contribution >= 0.6 is 0 Å². The molecule has 2 aromatic heterocycles. The summed E-state index contributed by atoms with van der Waals surface area (Å²) in [4.78, 5) is 8.43. The van der Waals surface area contributed by atoms with Gasteiger partial charge < -0.3 is 29.9 Å². The van der Waals surface area contributed by atoms with Crippen molar-refractivity contribution in [2.45, 2.75) is 38.4 Å².